The fraction of sp³-hybridized carbons (Fsp3) is 0.639. The number of rotatable bonds is 12. The summed E-state index contributed by atoms with van der Waals surface area (Å²) in [6.07, 6.45) is 9.05. The summed E-state index contributed by atoms with van der Waals surface area (Å²) in [5.74, 6) is -1.24. The summed E-state index contributed by atoms with van der Waals surface area (Å²) < 4.78 is 26.9. The van der Waals surface area contributed by atoms with Gasteiger partial charge < -0.3 is 26.6 Å². The molecule has 0 aromatic heterocycles. The SMILES string of the molecule is C#CCCC(NC(=O)[C@@H]1CC(C)(C)C(C)CN1C(=O)[C@@H](NC(=O)NC1(CS(=O)(=O)c2ccccc2)CCCCC1)C(C)(C)C)C(=O)C(N)=O. The molecule has 13 heteroatoms. The van der Waals surface area contributed by atoms with Crippen LogP contribution in [0, 0.1) is 29.1 Å². The molecule has 1 aromatic carbocycles. The molecule has 1 aromatic rings. The lowest BCUT2D eigenvalue weighted by Gasteiger charge is -2.49. The van der Waals surface area contributed by atoms with E-state index in [1.54, 1.807) is 39.0 Å². The van der Waals surface area contributed by atoms with E-state index in [0.29, 0.717) is 12.8 Å². The van der Waals surface area contributed by atoms with Gasteiger partial charge in [-0.25, -0.2) is 13.2 Å². The van der Waals surface area contributed by atoms with Crippen LogP contribution in [0.3, 0.4) is 0 Å². The molecule has 2 fully saturated rings. The first-order valence-corrected chi connectivity index (χ1v) is 18.6. The van der Waals surface area contributed by atoms with Gasteiger partial charge in [0.1, 0.15) is 12.1 Å². The average Bonchev–Trinajstić information content (AvgIpc) is 3.02. The van der Waals surface area contributed by atoms with Gasteiger partial charge in [-0.05, 0) is 54.6 Å². The number of urea groups is 1. The Morgan fingerprint density at radius 1 is 1.04 bits per heavy atom. The zero-order valence-electron chi connectivity index (χ0n) is 29.6. The molecule has 1 heterocycles. The van der Waals surface area contributed by atoms with Gasteiger partial charge in [0.2, 0.25) is 17.6 Å². The second kappa shape index (κ2) is 15.7. The molecular weight excluding hydrogens is 646 g/mol. The fourth-order valence-electron chi connectivity index (χ4n) is 6.72. The highest BCUT2D eigenvalue weighted by Crippen LogP contribution is 2.40. The fourth-order valence-corrected chi connectivity index (χ4v) is 8.55. The van der Waals surface area contributed by atoms with E-state index in [-0.39, 0.29) is 47.8 Å². The lowest BCUT2D eigenvalue weighted by atomic mass is 9.71. The second-order valence-corrected chi connectivity index (χ2v) is 17.4. The summed E-state index contributed by atoms with van der Waals surface area (Å²) in [5, 5.41) is 8.43. The quantitative estimate of drug-likeness (QED) is 0.191. The van der Waals surface area contributed by atoms with Crippen molar-refractivity contribution in [2.24, 2.45) is 22.5 Å². The van der Waals surface area contributed by atoms with Gasteiger partial charge in [0, 0.05) is 13.0 Å². The van der Waals surface area contributed by atoms with Crippen molar-refractivity contribution in [1.29, 1.82) is 0 Å². The van der Waals surface area contributed by atoms with Crippen LogP contribution in [-0.2, 0) is 29.0 Å². The van der Waals surface area contributed by atoms with E-state index in [2.05, 4.69) is 21.9 Å². The number of carbonyl (C=O) groups is 5. The normalized spacial score (nSPS) is 21.7. The molecule has 2 unspecified atom stereocenters. The van der Waals surface area contributed by atoms with Crippen LogP contribution in [0.25, 0.3) is 0 Å². The van der Waals surface area contributed by atoms with Crippen LogP contribution in [-0.4, -0.2) is 78.8 Å². The Balaban J connectivity index is 1.90. The molecule has 1 saturated carbocycles. The highest BCUT2D eigenvalue weighted by molar-refractivity contribution is 7.91. The number of piperidine rings is 1. The molecule has 12 nitrogen and oxygen atoms in total. The maximum atomic E-state index is 14.5. The van der Waals surface area contributed by atoms with Crippen LogP contribution in [0.15, 0.2) is 35.2 Å². The van der Waals surface area contributed by atoms with Crippen LogP contribution < -0.4 is 21.7 Å². The molecule has 4 atom stereocenters. The van der Waals surface area contributed by atoms with Crippen molar-refractivity contribution in [1.82, 2.24) is 20.9 Å². The highest BCUT2D eigenvalue weighted by atomic mass is 32.2. The standard InChI is InChI=1S/C36H53N5O7S/c1-8-9-18-26(28(42)30(37)43)38-31(44)27-21-35(6,7)24(2)22-41(27)32(45)29(34(3,4)5)39-33(46)40-36(19-14-11-15-20-36)23-49(47,48)25-16-12-10-13-17-25/h1,10,12-13,16-17,24,26-27,29H,9,11,14-15,18-23H2,2-7H3,(H2,37,43)(H,38,44)(H2,39,40,46)/t24?,26?,27-,29+/m0/s1. The first-order chi connectivity index (χ1) is 22.7. The predicted octanol–water partition coefficient (Wildman–Crippen LogP) is 3.09. The molecule has 1 saturated heterocycles. The number of nitrogens with one attached hydrogen (secondary N) is 3. The Kier molecular flexibility index (Phi) is 12.7. The third-order valence-electron chi connectivity index (χ3n) is 10.1. The number of nitrogens with zero attached hydrogens (tertiary/aromatic N) is 1. The maximum absolute atomic E-state index is 14.5. The first kappa shape index (κ1) is 39.5. The molecule has 0 spiro atoms. The lowest BCUT2D eigenvalue weighted by molar-refractivity contribution is -0.151. The van der Waals surface area contributed by atoms with E-state index in [1.807, 2.05) is 20.8 Å². The number of sulfone groups is 1. The number of Topliss-reactive ketones (excluding diaryl/α,β-unsaturated/α-hetero) is 1. The summed E-state index contributed by atoms with van der Waals surface area (Å²) in [6, 6.07) is 4.07. The maximum Gasteiger partial charge on any atom is 0.315 e. The Morgan fingerprint density at radius 3 is 2.20 bits per heavy atom. The molecule has 3 rings (SSSR count). The number of hydrogen-bond donors (Lipinski definition) is 4. The van der Waals surface area contributed by atoms with Crippen LogP contribution in [0.1, 0.15) is 92.9 Å². The zero-order chi connectivity index (χ0) is 36.8. The number of hydrogen-bond acceptors (Lipinski definition) is 7. The third kappa shape index (κ3) is 10.1. The van der Waals surface area contributed by atoms with Gasteiger partial charge in [-0.3, -0.25) is 19.2 Å². The second-order valence-electron chi connectivity index (χ2n) is 15.4. The smallest absolute Gasteiger partial charge is 0.315 e. The number of carbonyl (C=O) groups excluding carboxylic acids is 5. The van der Waals surface area contributed by atoms with Gasteiger partial charge in [0.05, 0.1) is 22.2 Å². The highest BCUT2D eigenvalue weighted by Gasteiger charge is 2.48. The summed E-state index contributed by atoms with van der Waals surface area (Å²) >= 11 is 0. The van der Waals surface area contributed by atoms with Crippen LogP contribution >= 0.6 is 0 Å². The van der Waals surface area contributed by atoms with E-state index >= 15 is 0 Å². The Hall–Kier alpha value is -3.92. The predicted molar refractivity (Wildman–Crippen MR) is 186 cm³/mol. The molecular formula is C36H53N5O7S. The van der Waals surface area contributed by atoms with E-state index < -0.39 is 68.5 Å². The molecule has 270 valence electrons. The van der Waals surface area contributed by atoms with Gasteiger partial charge in [-0.1, -0.05) is 79.0 Å². The molecule has 1 aliphatic heterocycles. The Morgan fingerprint density at radius 2 is 1.65 bits per heavy atom. The minimum atomic E-state index is -3.74. The van der Waals surface area contributed by atoms with Gasteiger partial charge in [0.15, 0.2) is 9.84 Å². The van der Waals surface area contributed by atoms with Crippen molar-refractivity contribution < 1.29 is 32.4 Å². The van der Waals surface area contributed by atoms with Crippen LogP contribution in [0.2, 0.25) is 0 Å². The van der Waals surface area contributed by atoms with Crippen molar-refractivity contribution in [2.75, 3.05) is 12.3 Å². The van der Waals surface area contributed by atoms with Crippen molar-refractivity contribution >= 4 is 39.4 Å². The minimum Gasteiger partial charge on any atom is -0.363 e. The number of benzene rings is 1. The molecule has 5 amide bonds. The number of terminal acetylenes is 1. The van der Waals surface area contributed by atoms with Gasteiger partial charge >= 0.3 is 6.03 Å². The van der Waals surface area contributed by atoms with E-state index in [1.165, 1.54) is 17.0 Å². The van der Waals surface area contributed by atoms with Crippen molar-refractivity contribution in [2.45, 2.75) is 121 Å². The summed E-state index contributed by atoms with van der Waals surface area (Å²) in [4.78, 5) is 68.0. The zero-order valence-corrected chi connectivity index (χ0v) is 30.5. The summed E-state index contributed by atoms with van der Waals surface area (Å²) in [7, 11) is -3.74. The topological polar surface area (TPSA) is 185 Å². The van der Waals surface area contributed by atoms with Gasteiger partial charge in [-0.2, -0.15) is 0 Å². The summed E-state index contributed by atoms with van der Waals surface area (Å²) in [5.41, 5.74) is 3.01. The van der Waals surface area contributed by atoms with E-state index in [4.69, 9.17) is 12.2 Å². The third-order valence-corrected chi connectivity index (χ3v) is 12.0. The number of amides is 5. The number of primary amides is 1. The lowest BCUT2D eigenvalue weighted by Crippen LogP contribution is -2.66. The van der Waals surface area contributed by atoms with Crippen LogP contribution in [0.5, 0.6) is 0 Å². The number of likely N-dealkylation sites (tertiary alicyclic amines) is 1. The largest absolute Gasteiger partial charge is 0.363 e. The summed E-state index contributed by atoms with van der Waals surface area (Å²) in [6.45, 7) is 11.5. The van der Waals surface area contributed by atoms with Crippen molar-refractivity contribution in [3.8, 4) is 12.3 Å². The van der Waals surface area contributed by atoms with Crippen molar-refractivity contribution in [3.63, 3.8) is 0 Å². The molecule has 1 aliphatic carbocycles. The average molecular weight is 700 g/mol. The Labute approximate surface area is 291 Å². The van der Waals surface area contributed by atoms with Gasteiger partial charge in [-0.15, -0.1) is 12.3 Å². The van der Waals surface area contributed by atoms with E-state index in [0.717, 1.165) is 19.3 Å². The monoisotopic (exact) mass is 699 g/mol. The molecule has 0 bridgehead atoms. The first-order valence-electron chi connectivity index (χ1n) is 17.0. The molecule has 0 radical (unpaired) electrons. The van der Waals surface area contributed by atoms with Crippen LogP contribution in [0.4, 0.5) is 4.79 Å². The number of ketones is 1. The minimum absolute atomic E-state index is 0.00143. The molecule has 5 N–H and O–H groups in total. The number of nitrogens with two attached hydrogens (primary N) is 1. The Bertz CT molecular complexity index is 1540. The molecule has 2 aliphatic rings. The van der Waals surface area contributed by atoms with Gasteiger partial charge in [0.25, 0.3) is 5.91 Å². The van der Waals surface area contributed by atoms with Crippen molar-refractivity contribution in [3.05, 3.63) is 30.3 Å². The molecule has 49 heavy (non-hydrogen) atoms. The van der Waals surface area contributed by atoms with E-state index in [9.17, 15) is 32.4 Å².